The predicted octanol–water partition coefficient (Wildman–Crippen LogP) is 3.88. The third-order valence-corrected chi connectivity index (χ3v) is 5.10. The minimum atomic E-state index is -0.282. The van der Waals surface area contributed by atoms with Crippen LogP contribution in [0.3, 0.4) is 0 Å². The third kappa shape index (κ3) is 2.83. The van der Waals surface area contributed by atoms with Crippen LogP contribution >= 0.6 is 0 Å². The second-order valence-electron chi connectivity index (χ2n) is 7.26. The van der Waals surface area contributed by atoms with Crippen molar-refractivity contribution < 1.29 is 9.18 Å². The summed E-state index contributed by atoms with van der Waals surface area (Å²) in [5, 5.41) is 12.1. The zero-order chi connectivity index (χ0) is 19.3. The number of nitrogens with zero attached hydrogens (tertiary/aromatic N) is 4. The summed E-state index contributed by atoms with van der Waals surface area (Å²) < 4.78 is 16.9. The van der Waals surface area contributed by atoms with Gasteiger partial charge in [-0.05, 0) is 52.0 Å². The lowest BCUT2D eigenvalue weighted by atomic mass is 9.86. The summed E-state index contributed by atoms with van der Waals surface area (Å²) in [5.41, 5.74) is 4.63. The molecule has 1 amide bonds. The number of carbonyl (C=O) groups is 1. The Kier molecular flexibility index (Phi) is 4.09. The van der Waals surface area contributed by atoms with Crippen LogP contribution in [0.4, 0.5) is 10.2 Å². The molecular formula is C20H22FN5O. The first kappa shape index (κ1) is 17.5. The Morgan fingerprint density at radius 1 is 1.22 bits per heavy atom. The van der Waals surface area contributed by atoms with Crippen molar-refractivity contribution in [2.24, 2.45) is 0 Å². The number of carbonyl (C=O) groups excluding carboxylic acids is 1. The summed E-state index contributed by atoms with van der Waals surface area (Å²) in [4.78, 5) is 12.4. The van der Waals surface area contributed by atoms with Crippen LogP contribution in [-0.2, 0) is 4.79 Å². The van der Waals surface area contributed by atoms with Crippen LogP contribution < -0.4 is 5.32 Å². The summed E-state index contributed by atoms with van der Waals surface area (Å²) in [5.74, 6) is 0.355. The number of aryl methyl sites for hydroxylation is 1. The molecule has 1 aliphatic rings. The van der Waals surface area contributed by atoms with Gasteiger partial charge in [-0.25, -0.2) is 13.8 Å². The minimum Gasteiger partial charge on any atom is -0.311 e. The third-order valence-electron chi connectivity index (χ3n) is 5.10. The normalized spacial score (nSPS) is 16.5. The Balaban J connectivity index is 1.83. The van der Waals surface area contributed by atoms with Crippen LogP contribution in [-0.4, -0.2) is 25.5 Å². The number of benzene rings is 1. The van der Waals surface area contributed by atoms with Crippen molar-refractivity contribution in [3.63, 3.8) is 0 Å². The fourth-order valence-corrected chi connectivity index (χ4v) is 3.88. The van der Waals surface area contributed by atoms with Gasteiger partial charge >= 0.3 is 0 Å². The Labute approximate surface area is 157 Å². The molecule has 2 aromatic heterocycles. The second kappa shape index (κ2) is 6.33. The van der Waals surface area contributed by atoms with E-state index >= 15 is 0 Å². The first-order chi connectivity index (χ1) is 12.9. The van der Waals surface area contributed by atoms with E-state index in [2.05, 4.69) is 15.5 Å². The van der Waals surface area contributed by atoms with Gasteiger partial charge in [-0.1, -0.05) is 0 Å². The Bertz CT molecular complexity index is 1020. The number of rotatable bonds is 3. The number of hydrogen-bond acceptors (Lipinski definition) is 3. The van der Waals surface area contributed by atoms with E-state index in [1.807, 2.05) is 43.3 Å². The fourth-order valence-electron chi connectivity index (χ4n) is 3.88. The number of hydrogen-bond donors (Lipinski definition) is 1. The van der Waals surface area contributed by atoms with Gasteiger partial charge in [0.1, 0.15) is 11.6 Å². The molecule has 0 saturated heterocycles. The van der Waals surface area contributed by atoms with Crippen LogP contribution in [0.5, 0.6) is 0 Å². The number of aromatic nitrogens is 4. The number of amides is 1. The van der Waals surface area contributed by atoms with Gasteiger partial charge in [-0.2, -0.15) is 10.2 Å². The molecule has 4 rings (SSSR count). The molecule has 3 heterocycles. The Hall–Kier alpha value is -2.96. The molecule has 0 spiro atoms. The summed E-state index contributed by atoms with van der Waals surface area (Å²) in [6, 6.07) is 6.40. The van der Waals surface area contributed by atoms with Gasteiger partial charge in [0.05, 0.1) is 17.6 Å². The number of fused-ring (bicyclic) bond motifs is 1. The van der Waals surface area contributed by atoms with Gasteiger partial charge in [0.2, 0.25) is 5.91 Å². The van der Waals surface area contributed by atoms with E-state index in [1.54, 1.807) is 12.1 Å². The molecule has 1 atom stereocenters. The van der Waals surface area contributed by atoms with Gasteiger partial charge < -0.3 is 5.32 Å². The first-order valence-corrected chi connectivity index (χ1v) is 9.06. The maximum Gasteiger partial charge on any atom is 0.226 e. The largest absolute Gasteiger partial charge is 0.311 e. The Morgan fingerprint density at radius 3 is 2.59 bits per heavy atom. The zero-order valence-electron chi connectivity index (χ0n) is 15.8. The number of anilines is 1. The van der Waals surface area contributed by atoms with Crippen molar-refractivity contribution in [1.82, 2.24) is 19.6 Å². The minimum absolute atomic E-state index is 0.0248. The molecule has 27 heavy (non-hydrogen) atoms. The zero-order valence-corrected chi connectivity index (χ0v) is 15.8. The Morgan fingerprint density at radius 2 is 1.93 bits per heavy atom. The molecule has 0 radical (unpaired) electrons. The van der Waals surface area contributed by atoms with E-state index in [9.17, 15) is 9.18 Å². The monoisotopic (exact) mass is 367 g/mol. The fraction of sp³-hybridized carbons (Fsp3) is 0.350. The SMILES string of the molecule is Cc1nn(-c2ccc(F)cc2)c(C)c1[C@@H]1CC(=O)Nc2c1cnn2C(C)C. The van der Waals surface area contributed by atoms with E-state index in [0.717, 1.165) is 34.0 Å². The van der Waals surface area contributed by atoms with E-state index in [4.69, 9.17) is 0 Å². The van der Waals surface area contributed by atoms with Crippen LogP contribution in [0.2, 0.25) is 0 Å². The molecule has 0 unspecified atom stereocenters. The van der Waals surface area contributed by atoms with Crippen LogP contribution in [0.25, 0.3) is 5.69 Å². The van der Waals surface area contributed by atoms with Crippen LogP contribution in [0.1, 0.15) is 54.7 Å². The quantitative estimate of drug-likeness (QED) is 0.764. The molecule has 7 heteroatoms. The highest BCUT2D eigenvalue weighted by Gasteiger charge is 2.34. The topological polar surface area (TPSA) is 64.7 Å². The smallest absolute Gasteiger partial charge is 0.226 e. The van der Waals surface area contributed by atoms with Gasteiger partial charge in [-0.3, -0.25) is 4.79 Å². The maximum absolute atomic E-state index is 13.3. The average molecular weight is 367 g/mol. The van der Waals surface area contributed by atoms with Crippen LogP contribution in [0, 0.1) is 19.7 Å². The van der Waals surface area contributed by atoms with Crippen molar-refractivity contribution in [3.8, 4) is 5.69 Å². The van der Waals surface area contributed by atoms with E-state index in [-0.39, 0.29) is 23.7 Å². The van der Waals surface area contributed by atoms with Gasteiger partial charge in [-0.15, -0.1) is 0 Å². The molecule has 1 aromatic carbocycles. The molecule has 1 N–H and O–H groups in total. The van der Waals surface area contributed by atoms with Gasteiger partial charge in [0.15, 0.2) is 0 Å². The molecule has 3 aromatic rings. The van der Waals surface area contributed by atoms with Crippen molar-refractivity contribution in [3.05, 3.63) is 58.8 Å². The lowest BCUT2D eigenvalue weighted by molar-refractivity contribution is -0.116. The molecule has 0 bridgehead atoms. The highest BCUT2D eigenvalue weighted by Crippen LogP contribution is 2.40. The molecule has 140 valence electrons. The molecular weight excluding hydrogens is 345 g/mol. The van der Waals surface area contributed by atoms with E-state index < -0.39 is 0 Å². The number of halogens is 1. The van der Waals surface area contributed by atoms with Crippen molar-refractivity contribution in [2.75, 3.05) is 5.32 Å². The highest BCUT2D eigenvalue weighted by molar-refractivity contribution is 5.94. The summed E-state index contributed by atoms with van der Waals surface area (Å²) in [7, 11) is 0. The first-order valence-electron chi connectivity index (χ1n) is 9.06. The molecule has 0 fully saturated rings. The highest BCUT2D eigenvalue weighted by atomic mass is 19.1. The van der Waals surface area contributed by atoms with Crippen molar-refractivity contribution >= 4 is 11.7 Å². The van der Waals surface area contributed by atoms with Gasteiger partial charge in [0, 0.05) is 35.2 Å². The molecule has 6 nitrogen and oxygen atoms in total. The van der Waals surface area contributed by atoms with Crippen molar-refractivity contribution in [1.29, 1.82) is 0 Å². The van der Waals surface area contributed by atoms with Crippen molar-refractivity contribution in [2.45, 2.75) is 46.1 Å². The molecule has 0 aliphatic carbocycles. The summed E-state index contributed by atoms with van der Waals surface area (Å²) >= 11 is 0. The van der Waals surface area contributed by atoms with E-state index in [1.165, 1.54) is 12.1 Å². The lowest BCUT2D eigenvalue weighted by Crippen LogP contribution is -2.25. The van der Waals surface area contributed by atoms with Crippen LogP contribution in [0.15, 0.2) is 30.5 Å². The van der Waals surface area contributed by atoms with E-state index in [0.29, 0.717) is 6.42 Å². The molecule has 0 saturated carbocycles. The summed E-state index contributed by atoms with van der Waals surface area (Å²) in [6.07, 6.45) is 2.20. The lowest BCUT2D eigenvalue weighted by Gasteiger charge is -2.24. The maximum atomic E-state index is 13.3. The second-order valence-corrected chi connectivity index (χ2v) is 7.26. The average Bonchev–Trinajstić information content (AvgIpc) is 3.16. The predicted molar refractivity (Wildman–Crippen MR) is 101 cm³/mol. The van der Waals surface area contributed by atoms with Gasteiger partial charge in [0.25, 0.3) is 0 Å². The standard InChI is InChI=1S/C20H22FN5O/c1-11(2)25-20-17(10-22-25)16(9-18(27)23-20)19-12(3)24-26(13(19)4)15-7-5-14(21)6-8-15/h5-8,10-11,16H,9H2,1-4H3,(H,23,27)/t16-/m1/s1. The molecule has 1 aliphatic heterocycles. The number of nitrogens with one attached hydrogen (secondary N) is 1. The summed E-state index contributed by atoms with van der Waals surface area (Å²) in [6.45, 7) is 8.00.